The Morgan fingerprint density at radius 3 is 2.33 bits per heavy atom. The number of methoxy groups -OCH3 is 2. The molecule has 0 heterocycles. The van der Waals surface area contributed by atoms with Gasteiger partial charge < -0.3 is 14.8 Å². The molecule has 0 saturated heterocycles. The predicted octanol–water partition coefficient (Wildman–Crippen LogP) is 3.49. The summed E-state index contributed by atoms with van der Waals surface area (Å²) in [5.74, 6) is 0.00995. The zero-order valence-electron chi connectivity index (χ0n) is 15.8. The number of benzene rings is 2. The first kappa shape index (κ1) is 20.6. The van der Waals surface area contributed by atoms with Crippen molar-refractivity contribution in [2.75, 3.05) is 24.3 Å². The normalized spacial score (nSPS) is 12.1. The van der Waals surface area contributed by atoms with Gasteiger partial charge in [0.2, 0.25) is 0 Å². The van der Waals surface area contributed by atoms with E-state index in [2.05, 4.69) is 10.0 Å². The lowest BCUT2D eigenvalue weighted by Gasteiger charge is -2.18. The highest BCUT2D eigenvalue weighted by molar-refractivity contribution is 7.92. The topological polar surface area (TPSA) is 93.7 Å². The molecular weight excluding hydrogens is 368 g/mol. The SMILES string of the molecule is CC[C@H](C)Nc1ccc(C(=O)OC)cc1S(=O)(=O)Nc1ccc(OC)cc1. The van der Waals surface area contributed by atoms with Crippen LogP contribution in [0, 0.1) is 0 Å². The summed E-state index contributed by atoms with van der Waals surface area (Å²) in [7, 11) is -1.16. The molecule has 0 radical (unpaired) electrons. The number of ether oxygens (including phenoxy) is 2. The summed E-state index contributed by atoms with van der Waals surface area (Å²) in [6.07, 6.45) is 0.810. The van der Waals surface area contributed by atoms with Crippen molar-refractivity contribution in [1.82, 2.24) is 0 Å². The number of esters is 1. The van der Waals surface area contributed by atoms with Crippen LogP contribution in [0.25, 0.3) is 0 Å². The molecule has 2 aromatic rings. The van der Waals surface area contributed by atoms with E-state index in [0.717, 1.165) is 6.42 Å². The first-order chi connectivity index (χ1) is 12.8. The second kappa shape index (κ2) is 8.77. The summed E-state index contributed by atoms with van der Waals surface area (Å²) < 4.78 is 38.3. The summed E-state index contributed by atoms with van der Waals surface area (Å²) in [6, 6.07) is 11.0. The van der Waals surface area contributed by atoms with Crippen LogP contribution in [0.2, 0.25) is 0 Å². The van der Waals surface area contributed by atoms with Crippen LogP contribution in [0.1, 0.15) is 30.6 Å². The molecular formula is C19H24N2O5S. The van der Waals surface area contributed by atoms with Gasteiger partial charge in [-0.2, -0.15) is 0 Å². The van der Waals surface area contributed by atoms with Crippen LogP contribution in [0.3, 0.4) is 0 Å². The maximum atomic E-state index is 13.0. The first-order valence-electron chi connectivity index (χ1n) is 8.46. The number of anilines is 2. The van der Waals surface area contributed by atoms with Crippen molar-refractivity contribution in [3.8, 4) is 5.75 Å². The van der Waals surface area contributed by atoms with Crippen molar-refractivity contribution < 1.29 is 22.7 Å². The lowest BCUT2D eigenvalue weighted by atomic mass is 10.2. The molecule has 0 aliphatic rings. The van der Waals surface area contributed by atoms with Crippen LogP contribution in [0.5, 0.6) is 5.75 Å². The minimum atomic E-state index is -3.94. The molecule has 0 amide bonds. The molecule has 1 atom stereocenters. The van der Waals surface area contributed by atoms with E-state index in [0.29, 0.717) is 17.1 Å². The predicted molar refractivity (Wildman–Crippen MR) is 105 cm³/mol. The lowest BCUT2D eigenvalue weighted by molar-refractivity contribution is 0.0600. The molecule has 0 saturated carbocycles. The molecule has 0 aromatic heterocycles. The van der Waals surface area contributed by atoms with Gasteiger partial charge >= 0.3 is 5.97 Å². The molecule has 0 aliphatic carbocycles. The largest absolute Gasteiger partial charge is 0.497 e. The molecule has 0 bridgehead atoms. The molecule has 0 unspecified atom stereocenters. The summed E-state index contributed by atoms with van der Waals surface area (Å²) in [6.45, 7) is 3.94. The number of carbonyl (C=O) groups excluding carboxylic acids is 1. The van der Waals surface area contributed by atoms with Crippen LogP contribution in [-0.4, -0.2) is 34.6 Å². The molecule has 2 aromatic carbocycles. The third-order valence-corrected chi connectivity index (χ3v) is 5.47. The molecule has 2 N–H and O–H groups in total. The molecule has 0 aliphatic heterocycles. The highest BCUT2D eigenvalue weighted by Gasteiger charge is 2.22. The maximum absolute atomic E-state index is 13.0. The van der Waals surface area contributed by atoms with E-state index in [4.69, 9.17) is 9.47 Å². The Bertz CT molecular complexity index is 895. The summed E-state index contributed by atoms with van der Waals surface area (Å²) in [4.78, 5) is 11.8. The lowest BCUT2D eigenvalue weighted by Crippen LogP contribution is -2.20. The Hall–Kier alpha value is -2.74. The number of hydrogen-bond donors (Lipinski definition) is 2. The minimum Gasteiger partial charge on any atom is -0.497 e. The fraction of sp³-hybridized carbons (Fsp3) is 0.316. The first-order valence-corrected chi connectivity index (χ1v) is 9.94. The Morgan fingerprint density at radius 1 is 1.11 bits per heavy atom. The van der Waals surface area contributed by atoms with Crippen molar-refractivity contribution in [3.05, 3.63) is 48.0 Å². The monoisotopic (exact) mass is 392 g/mol. The molecule has 2 rings (SSSR count). The van der Waals surface area contributed by atoms with Crippen molar-refractivity contribution in [2.24, 2.45) is 0 Å². The second-order valence-corrected chi connectivity index (χ2v) is 7.64. The smallest absolute Gasteiger partial charge is 0.337 e. The van der Waals surface area contributed by atoms with Gasteiger partial charge in [0.1, 0.15) is 10.6 Å². The van der Waals surface area contributed by atoms with Gasteiger partial charge in [0.25, 0.3) is 10.0 Å². The van der Waals surface area contributed by atoms with Crippen LogP contribution in [0.4, 0.5) is 11.4 Å². The third kappa shape index (κ3) is 5.13. The number of sulfonamides is 1. The third-order valence-electron chi connectivity index (χ3n) is 4.05. The van der Waals surface area contributed by atoms with Gasteiger partial charge in [0.05, 0.1) is 25.5 Å². The van der Waals surface area contributed by atoms with E-state index in [1.807, 2.05) is 13.8 Å². The fourth-order valence-electron chi connectivity index (χ4n) is 2.35. The highest BCUT2D eigenvalue weighted by Crippen LogP contribution is 2.27. The molecule has 8 heteroatoms. The summed E-state index contributed by atoms with van der Waals surface area (Å²) in [5.41, 5.74) is 0.953. The van der Waals surface area contributed by atoms with E-state index in [9.17, 15) is 13.2 Å². The average molecular weight is 392 g/mol. The standard InChI is InChI=1S/C19H24N2O5S/c1-5-13(2)20-17-11-6-14(19(22)26-4)12-18(17)27(23,24)21-15-7-9-16(25-3)10-8-15/h6-13,20-21H,5H2,1-4H3/t13-/m0/s1. The summed E-state index contributed by atoms with van der Waals surface area (Å²) >= 11 is 0. The number of hydrogen-bond acceptors (Lipinski definition) is 6. The van der Waals surface area contributed by atoms with Gasteiger partial charge in [0.15, 0.2) is 0 Å². The molecule has 7 nitrogen and oxygen atoms in total. The van der Waals surface area contributed by atoms with Crippen LogP contribution in [0.15, 0.2) is 47.4 Å². The average Bonchev–Trinajstić information content (AvgIpc) is 2.67. The van der Waals surface area contributed by atoms with E-state index in [1.165, 1.54) is 26.4 Å². The number of carbonyl (C=O) groups is 1. The Balaban J connectivity index is 2.44. The Kier molecular flexibility index (Phi) is 6.68. The van der Waals surface area contributed by atoms with Gasteiger partial charge in [-0.1, -0.05) is 6.92 Å². The quantitative estimate of drug-likeness (QED) is 0.668. The minimum absolute atomic E-state index is 0.0264. The van der Waals surface area contributed by atoms with E-state index in [-0.39, 0.29) is 16.5 Å². The van der Waals surface area contributed by atoms with Crippen molar-refractivity contribution in [3.63, 3.8) is 0 Å². The number of rotatable bonds is 8. The van der Waals surface area contributed by atoms with Crippen LogP contribution >= 0.6 is 0 Å². The van der Waals surface area contributed by atoms with Gasteiger partial charge in [-0.15, -0.1) is 0 Å². The maximum Gasteiger partial charge on any atom is 0.337 e. The van der Waals surface area contributed by atoms with Gasteiger partial charge in [-0.05, 0) is 55.8 Å². The Labute approximate surface area is 159 Å². The van der Waals surface area contributed by atoms with E-state index in [1.54, 1.807) is 30.3 Å². The van der Waals surface area contributed by atoms with E-state index < -0.39 is 16.0 Å². The van der Waals surface area contributed by atoms with Crippen LogP contribution < -0.4 is 14.8 Å². The van der Waals surface area contributed by atoms with Crippen molar-refractivity contribution in [2.45, 2.75) is 31.2 Å². The molecule has 146 valence electrons. The molecule has 27 heavy (non-hydrogen) atoms. The van der Waals surface area contributed by atoms with E-state index >= 15 is 0 Å². The fourth-order valence-corrected chi connectivity index (χ4v) is 3.60. The number of nitrogens with one attached hydrogen (secondary N) is 2. The highest BCUT2D eigenvalue weighted by atomic mass is 32.2. The van der Waals surface area contributed by atoms with Crippen molar-refractivity contribution in [1.29, 1.82) is 0 Å². The van der Waals surface area contributed by atoms with Crippen molar-refractivity contribution >= 4 is 27.4 Å². The van der Waals surface area contributed by atoms with Gasteiger partial charge in [-0.3, -0.25) is 4.72 Å². The van der Waals surface area contributed by atoms with Gasteiger partial charge in [0, 0.05) is 11.7 Å². The zero-order chi connectivity index (χ0) is 20.0. The molecule has 0 spiro atoms. The second-order valence-electron chi connectivity index (χ2n) is 5.99. The summed E-state index contributed by atoms with van der Waals surface area (Å²) in [5, 5.41) is 3.16. The molecule has 0 fully saturated rings. The van der Waals surface area contributed by atoms with Gasteiger partial charge in [-0.25, -0.2) is 13.2 Å². The Morgan fingerprint density at radius 2 is 1.78 bits per heavy atom. The van der Waals surface area contributed by atoms with Crippen LogP contribution in [-0.2, 0) is 14.8 Å². The zero-order valence-corrected chi connectivity index (χ0v) is 16.6.